The molecule has 4 rings (SSSR count). The summed E-state index contributed by atoms with van der Waals surface area (Å²) in [6.07, 6.45) is 3.45. The Balaban J connectivity index is 1.52. The van der Waals surface area contributed by atoms with E-state index in [1.54, 1.807) is 0 Å². The molecule has 1 N–H and O–H groups in total. The van der Waals surface area contributed by atoms with Gasteiger partial charge in [-0.25, -0.2) is 13.1 Å². The first-order chi connectivity index (χ1) is 14.7. The first-order valence-corrected chi connectivity index (χ1v) is 13.0. The molecule has 5 nitrogen and oxygen atoms in total. The van der Waals surface area contributed by atoms with Crippen molar-refractivity contribution in [1.29, 1.82) is 0 Å². The molecule has 2 aliphatic rings. The van der Waals surface area contributed by atoms with Crippen molar-refractivity contribution >= 4 is 15.9 Å². The number of rotatable bonds is 5. The van der Waals surface area contributed by atoms with Gasteiger partial charge in [-0.1, -0.05) is 68.4 Å². The van der Waals surface area contributed by atoms with Crippen LogP contribution in [-0.2, 0) is 14.8 Å². The third-order valence-corrected chi connectivity index (χ3v) is 7.66. The molecular weight excluding hydrogens is 408 g/mol. The van der Waals surface area contributed by atoms with Crippen LogP contribution in [0, 0.1) is 11.3 Å². The molecule has 0 spiro atoms. The van der Waals surface area contributed by atoms with Crippen LogP contribution in [0.15, 0.2) is 54.6 Å². The lowest BCUT2D eigenvalue weighted by Gasteiger charge is -2.22. The Bertz CT molecular complexity index is 1050. The number of carbonyl (C=O) groups excluding carboxylic acids is 1. The van der Waals surface area contributed by atoms with E-state index < -0.39 is 10.0 Å². The number of carbonyl (C=O) groups is 1. The fourth-order valence-electron chi connectivity index (χ4n) is 5.26. The van der Waals surface area contributed by atoms with E-state index in [4.69, 9.17) is 0 Å². The van der Waals surface area contributed by atoms with Crippen molar-refractivity contribution in [3.05, 3.63) is 60.2 Å². The van der Waals surface area contributed by atoms with Crippen LogP contribution in [0.4, 0.5) is 0 Å². The second-order valence-electron chi connectivity index (χ2n) is 9.57. The Morgan fingerprint density at radius 2 is 1.68 bits per heavy atom. The molecule has 0 bridgehead atoms. The standard InChI is InChI=1S/C25H32N2O3S/c1-25(2)22(21-14-8-7-13-20(21)18-10-5-4-6-11-18)23(25)24(28)27-16-9-12-19(15-17-27)26-31(3,29)30/h4-8,10-11,13-14,19,22-23,26H,9,12,15-17H2,1-3H3/t19-,22-,23+/m0/s1. The van der Waals surface area contributed by atoms with Crippen LogP contribution in [0.25, 0.3) is 11.1 Å². The topological polar surface area (TPSA) is 66.5 Å². The number of likely N-dealkylation sites (tertiary alicyclic amines) is 1. The Labute approximate surface area is 185 Å². The molecule has 3 atom stereocenters. The number of amides is 1. The van der Waals surface area contributed by atoms with Crippen LogP contribution in [-0.4, -0.2) is 44.6 Å². The van der Waals surface area contributed by atoms with Gasteiger partial charge in [0.25, 0.3) is 0 Å². The van der Waals surface area contributed by atoms with Gasteiger partial charge >= 0.3 is 0 Å². The van der Waals surface area contributed by atoms with Crippen molar-refractivity contribution in [2.75, 3.05) is 19.3 Å². The predicted molar refractivity (Wildman–Crippen MR) is 124 cm³/mol. The van der Waals surface area contributed by atoms with E-state index in [1.165, 1.54) is 22.9 Å². The van der Waals surface area contributed by atoms with Crippen LogP contribution in [0.5, 0.6) is 0 Å². The summed E-state index contributed by atoms with van der Waals surface area (Å²) in [6, 6.07) is 18.7. The van der Waals surface area contributed by atoms with E-state index in [0.29, 0.717) is 19.5 Å². The molecule has 1 heterocycles. The summed E-state index contributed by atoms with van der Waals surface area (Å²) in [5, 5.41) is 0. The SMILES string of the molecule is CC1(C)[C@@H](C(=O)N2CCC[C@H](NS(C)(=O)=O)CC2)[C@@H]1c1ccccc1-c1ccccc1. The van der Waals surface area contributed by atoms with Gasteiger partial charge in [0.2, 0.25) is 15.9 Å². The minimum absolute atomic E-state index is 0.0446. The molecule has 0 unspecified atom stereocenters. The normalized spacial score (nSPS) is 25.6. The first-order valence-electron chi connectivity index (χ1n) is 11.1. The van der Waals surface area contributed by atoms with Gasteiger partial charge in [-0.2, -0.15) is 0 Å². The molecule has 2 fully saturated rings. The van der Waals surface area contributed by atoms with Gasteiger partial charge in [-0.05, 0) is 41.4 Å². The first kappa shape index (κ1) is 22.0. The molecular formula is C25H32N2O3S. The lowest BCUT2D eigenvalue weighted by molar-refractivity contribution is -0.133. The molecule has 2 aromatic carbocycles. The lowest BCUT2D eigenvalue weighted by atomic mass is 9.93. The highest BCUT2D eigenvalue weighted by molar-refractivity contribution is 7.88. The van der Waals surface area contributed by atoms with Crippen molar-refractivity contribution in [3.63, 3.8) is 0 Å². The molecule has 0 aromatic heterocycles. The van der Waals surface area contributed by atoms with Crippen LogP contribution in [0.1, 0.15) is 44.6 Å². The molecule has 0 radical (unpaired) electrons. The number of sulfonamides is 1. The van der Waals surface area contributed by atoms with Crippen molar-refractivity contribution in [3.8, 4) is 11.1 Å². The second kappa shape index (κ2) is 8.40. The van der Waals surface area contributed by atoms with Crippen molar-refractivity contribution in [2.45, 2.75) is 45.1 Å². The molecule has 2 aromatic rings. The van der Waals surface area contributed by atoms with Crippen LogP contribution >= 0.6 is 0 Å². The van der Waals surface area contributed by atoms with Gasteiger partial charge < -0.3 is 4.90 Å². The van der Waals surface area contributed by atoms with E-state index in [9.17, 15) is 13.2 Å². The summed E-state index contributed by atoms with van der Waals surface area (Å²) in [7, 11) is -3.23. The average molecular weight is 441 g/mol. The van der Waals surface area contributed by atoms with Gasteiger partial charge in [-0.3, -0.25) is 4.79 Å². The Morgan fingerprint density at radius 3 is 2.39 bits per heavy atom. The van der Waals surface area contributed by atoms with Crippen LogP contribution in [0.3, 0.4) is 0 Å². The van der Waals surface area contributed by atoms with Gasteiger partial charge in [-0.15, -0.1) is 0 Å². The van der Waals surface area contributed by atoms with Gasteiger partial charge in [0.1, 0.15) is 0 Å². The molecule has 1 aliphatic heterocycles. The minimum Gasteiger partial charge on any atom is -0.342 e. The van der Waals surface area contributed by atoms with Crippen LogP contribution < -0.4 is 4.72 Å². The highest BCUT2D eigenvalue weighted by Crippen LogP contribution is 2.66. The summed E-state index contributed by atoms with van der Waals surface area (Å²) in [5.74, 6) is 0.347. The summed E-state index contributed by atoms with van der Waals surface area (Å²) in [6.45, 7) is 5.67. The number of nitrogens with one attached hydrogen (secondary N) is 1. The highest BCUT2D eigenvalue weighted by Gasteiger charge is 2.63. The zero-order chi connectivity index (χ0) is 22.2. The Morgan fingerprint density at radius 1 is 1.00 bits per heavy atom. The molecule has 6 heteroatoms. The second-order valence-corrected chi connectivity index (χ2v) is 11.4. The largest absolute Gasteiger partial charge is 0.342 e. The third kappa shape index (κ3) is 4.70. The summed E-state index contributed by atoms with van der Waals surface area (Å²) >= 11 is 0. The highest BCUT2D eigenvalue weighted by atomic mass is 32.2. The fourth-order valence-corrected chi connectivity index (χ4v) is 6.10. The number of nitrogens with zero attached hydrogens (tertiary/aromatic N) is 1. The van der Waals surface area contributed by atoms with E-state index in [1.807, 2.05) is 23.1 Å². The summed E-state index contributed by atoms with van der Waals surface area (Å²) in [4.78, 5) is 15.5. The maximum Gasteiger partial charge on any atom is 0.226 e. The van der Waals surface area contributed by atoms with Gasteiger partial charge in [0.05, 0.1) is 12.2 Å². The third-order valence-electron chi connectivity index (χ3n) is 6.89. The average Bonchev–Trinajstić information content (AvgIpc) is 3.37. The molecule has 1 amide bonds. The van der Waals surface area contributed by atoms with Gasteiger partial charge in [0.15, 0.2) is 0 Å². The minimum atomic E-state index is -3.23. The zero-order valence-electron chi connectivity index (χ0n) is 18.5. The monoisotopic (exact) mass is 440 g/mol. The van der Waals surface area contributed by atoms with E-state index in [0.717, 1.165) is 12.8 Å². The summed E-state index contributed by atoms with van der Waals surface area (Å²) in [5.41, 5.74) is 3.52. The smallest absolute Gasteiger partial charge is 0.226 e. The van der Waals surface area contributed by atoms with E-state index in [-0.39, 0.29) is 29.2 Å². The number of benzene rings is 2. The maximum absolute atomic E-state index is 13.5. The molecule has 31 heavy (non-hydrogen) atoms. The predicted octanol–water partition coefficient (Wildman–Crippen LogP) is 4.02. The number of hydrogen-bond acceptors (Lipinski definition) is 3. The maximum atomic E-state index is 13.5. The summed E-state index contributed by atoms with van der Waals surface area (Å²) < 4.78 is 25.9. The molecule has 166 valence electrons. The molecule has 1 saturated heterocycles. The molecule has 1 aliphatic carbocycles. The van der Waals surface area contributed by atoms with E-state index in [2.05, 4.69) is 55.0 Å². The number of hydrogen-bond donors (Lipinski definition) is 1. The quantitative estimate of drug-likeness (QED) is 0.764. The van der Waals surface area contributed by atoms with E-state index >= 15 is 0 Å². The Kier molecular flexibility index (Phi) is 5.97. The van der Waals surface area contributed by atoms with Crippen molar-refractivity contribution in [2.24, 2.45) is 11.3 Å². The van der Waals surface area contributed by atoms with Gasteiger partial charge in [0, 0.05) is 25.0 Å². The van der Waals surface area contributed by atoms with Crippen LogP contribution in [0.2, 0.25) is 0 Å². The Hall–Kier alpha value is -2.18. The van der Waals surface area contributed by atoms with Crippen molar-refractivity contribution in [1.82, 2.24) is 9.62 Å². The lowest BCUT2D eigenvalue weighted by Crippen LogP contribution is -2.37. The van der Waals surface area contributed by atoms with Crippen molar-refractivity contribution < 1.29 is 13.2 Å². The zero-order valence-corrected chi connectivity index (χ0v) is 19.4. The fraction of sp³-hybridized carbons (Fsp3) is 0.480. The molecule has 1 saturated carbocycles.